The van der Waals surface area contributed by atoms with Gasteiger partial charge in [-0.3, -0.25) is 9.59 Å². The van der Waals surface area contributed by atoms with E-state index in [0.29, 0.717) is 11.4 Å². The smallest absolute Gasteiger partial charge is 0.234 e. The van der Waals surface area contributed by atoms with Gasteiger partial charge in [-0.15, -0.1) is 11.3 Å². The number of amides is 2. The number of rotatable bonds is 7. The Morgan fingerprint density at radius 1 is 1.26 bits per heavy atom. The molecule has 2 aromatic carbocycles. The van der Waals surface area contributed by atoms with Crippen LogP contribution in [0.5, 0.6) is 5.75 Å². The zero-order chi connectivity index (χ0) is 21.8. The first-order valence-electron chi connectivity index (χ1n) is 9.94. The molecule has 160 valence electrons. The van der Waals surface area contributed by atoms with Crippen LogP contribution in [-0.4, -0.2) is 35.7 Å². The summed E-state index contributed by atoms with van der Waals surface area (Å²) >= 11 is 2.82. The fourth-order valence-electron chi connectivity index (χ4n) is 3.65. The number of thioether (sulfide) groups is 1. The molecular weight excluding hydrogens is 430 g/mol. The number of ether oxygens (including phenoxy) is 1. The highest BCUT2D eigenvalue weighted by atomic mass is 32.2. The fraction of sp³-hybridized carbons (Fsp3) is 0.261. The molecule has 0 saturated carbocycles. The van der Waals surface area contributed by atoms with Gasteiger partial charge in [0.15, 0.2) is 4.34 Å². The van der Waals surface area contributed by atoms with E-state index in [1.165, 1.54) is 28.7 Å². The molecule has 3 aromatic rings. The average molecular weight is 454 g/mol. The van der Waals surface area contributed by atoms with Crippen molar-refractivity contribution in [3.8, 4) is 5.75 Å². The number of thiazole rings is 1. The number of carbonyl (C=O) groups excluding carboxylic acids is 2. The first kappa shape index (κ1) is 21.4. The third kappa shape index (κ3) is 5.08. The van der Waals surface area contributed by atoms with Crippen molar-refractivity contribution in [1.82, 2.24) is 4.98 Å². The Balaban J connectivity index is 1.31. The van der Waals surface area contributed by atoms with Gasteiger partial charge in [-0.1, -0.05) is 36.0 Å². The molecule has 0 spiro atoms. The average Bonchev–Trinajstić information content (AvgIpc) is 3.35. The standard InChI is InChI=1S/C23H23N3O3S2/c1-15-10-16-6-3-4-9-20(16)26(15)22(28)12-18-13-30-23(25-18)31-14-21(27)24-17-7-5-8-19(11-17)29-2/h3-9,11,13,15H,10,12,14H2,1-2H3,(H,24,27)/t15-/m0/s1. The van der Waals surface area contributed by atoms with E-state index in [2.05, 4.69) is 23.3 Å². The highest BCUT2D eigenvalue weighted by Gasteiger charge is 2.30. The summed E-state index contributed by atoms with van der Waals surface area (Å²) in [4.78, 5) is 31.6. The maximum absolute atomic E-state index is 12.9. The van der Waals surface area contributed by atoms with Crippen LogP contribution in [0.1, 0.15) is 18.2 Å². The normalized spacial score (nSPS) is 14.9. The second-order valence-corrected chi connectivity index (χ2v) is 9.38. The molecule has 0 saturated heterocycles. The van der Waals surface area contributed by atoms with E-state index < -0.39 is 0 Å². The molecule has 0 unspecified atom stereocenters. The number of methoxy groups -OCH3 is 1. The maximum Gasteiger partial charge on any atom is 0.234 e. The maximum atomic E-state index is 12.9. The van der Waals surface area contributed by atoms with Crippen LogP contribution < -0.4 is 15.0 Å². The number of carbonyl (C=O) groups is 2. The van der Waals surface area contributed by atoms with Crippen molar-refractivity contribution in [2.45, 2.75) is 30.1 Å². The lowest BCUT2D eigenvalue weighted by Gasteiger charge is -2.22. The minimum absolute atomic E-state index is 0.0510. The highest BCUT2D eigenvalue weighted by molar-refractivity contribution is 8.01. The number of nitrogens with zero attached hydrogens (tertiary/aromatic N) is 2. The highest BCUT2D eigenvalue weighted by Crippen LogP contribution is 2.32. The Labute approximate surface area is 189 Å². The summed E-state index contributed by atoms with van der Waals surface area (Å²) in [7, 11) is 1.59. The Morgan fingerprint density at radius 2 is 2.10 bits per heavy atom. The topological polar surface area (TPSA) is 71.5 Å². The first-order chi connectivity index (χ1) is 15.0. The molecule has 0 radical (unpaired) electrons. The van der Waals surface area contributed by atoms with Crippen molar-refractivity contribution < 1.29 is 14.3 Å². The van der Waals surface area contributed by atoms with Gasteiger partial charge >= 0.3 is 0 Å². The third-order valence-corrected chi connectivity index (χ3v) is 7.09. The van der Waals surface area contributed by atoms with E-state index >= 15 is 0 Å². The van der Waals surface area contributed by atoms with E-state index in [1.807, 2.05) is 46.7 Å². The first-order valence-corrected chi connectivity index (χ1v) is 11.8. The molecule has 2 heterocycles. The van der Waals surface area contributed by atoms with Gasteiger partial charge in [0.25, 0.3) is 0 Å². The van der Waals surface area contributed by atoms with E-state index in [0.717, 1.165) is 22.1 Å². The fourth-order valence-corrected chi connectivity index (χ4v) is 5.29. The summed E-state index contributed by atoms with van der Waals surface area (Å²) < 4.78 is 5.94. The van der Waals surface area contributed by atoms with Crippen LogP contribution in [0.3, 0.4) is 0 Å². The Hall–Kier alpha value is -2.84. The summed E-state index contributed by atoms with van der Waals surface area (Å²) in [5.41, 5.74) is 3.64. The molecule has 2 amide bonds. The van der Waals surface area contributed by atoms with E-state index in [9.17, 15) is 9.59 Å². The van der Waals surface area contributed by atoms with Crippen LogP contribution in [0.2, 0.25) is 0 Å². The molecule has 31 heavy (non-hydrogen) atoms. The Kier molecular flexibility index (Phi) is 6.58. The zero-order valence-corrected chi connectivity index (χ0v) is 19.0. The lowest BCUT2D eigenvalue weighted by Crippen LogP contribution is -2.36. The number of fused-ring (bicyclic) bond motifs is 1. The number of anilines is 2. The van der Waals surface area contributed by atoms with Crippen molar-refractivity contribution in [2.24, 2.45) is 0 Å². The minimum atomic E-state index is -0.117. The number of hydrogen-bond donors (Lipinski definition) is 1. The molecule has 4 rings (SSSR count). The van der Waals surface area contributed by atoms with Crippen molar-refractivity contribution in [3.05, 3.63) is 65.2 Å². The van der Waals surface area contributed by atoms with Gasteiger partial charge in [0, 0.05) is 28.9 Å². The van der Waals surface area contributed by atoms with E-state index in [-0.39, 0.29) is 30.0 Å². The quantitative estimate of drug-likeness (QED) is 0.537. The molecule has 1 N–H and O–H groups in total. The summed E-state index contributed by atoms with van der Waals surface area (Å²) in [6, 6.07) is 15.4. The lowest BCUT2D eigenvalue weighted by molar-refractivity contribution is -0.118. The van der Waals surface area contributed by atoms with Crippen LogP contribution in [-0.2, 0) is 22.4 Å². The number of benzene rings is 2. The molecule has 1 aromatic heterocycles. The minimum Gasteiger partial charge on any atom is -0.497 e. The summed E-state index contributed by atoms with van der Waals surface area (Å²) in [5, 5.41) is 4.75. The van der Waals surface area contributed by atoms with Crippen molar-refractivity contribution >= 4 is 46.3 Å². The number of para-hydroxylation sites is 1. The van der Waals surface area contributed by atoms with Crippen molar-refractivity contribution in [1.29, 1.82) is 0 Å². The SMILES string of the molecule is COc1cccc(NC(=O)CSc2nc(CC(=O)N3c4ccccc4C[C@@H]3C)cs2)c1. The van der Waals surface area contributed by atoms with Gasteiger partial charge in [0.05, 0.1) is 25.0 Å². The number of aromatic nitrogens is 1. The van der Waals surface area contributed by atoms with Crippen molar-refractivity contribution in [2.75, 3.05) is 23.1 Å². The van der Waals surface area contributed by atoms with Crippen LogP contribution in [0.25, 0.3) is 0 Å². The van der Waals surface area contributed by atoms with Crippen LogP contribution in [0.15, 0.2) is 58.3 Å². The zero-order valence-electron chi connectivity index (χ0n) is 17.3. The molecule has 6 nitrogen and oxygen atoms in total. The molecule has 0 bridgehead atoms. The van der Waals surface area contributed by atoms with Gasteiger partial charge in [-0.05, 0) is 37.1 Å². The van der Waals surface area contributed by atoms with Crippen LogP contribution >= 0.6 is 23.1 Å². The summed E-state index contributed by atoms with van der Waals surface area (Å²) in [5.74, 6) is 0.868. The number of hydrogen-bond acceptors (Lipinski definition) is 6. The number of nitrogens with one attached hydrogen (secondary N) is 1. The second kappa shape index (κ2) is 9.53. The van der Waals surface area contributed by atoms with Crippen molar-refractivity contribution in [3.63, 3.8) is 0 Å². The molecule has 0 fully saturated rings. The molecule has 8 heteroatoms. The van der Waals surface area contributed by atoms with Crippen LogP contribution in [0.4, 0.5) is 11.4 Å². The third-order valence-electron chi connectivity index (χ3n) is 5.02. The molecular formula is C23H23N3O3S2. The summed E-state index contributed by atoms with van der Waals surface area (Å²) in [6.07, 6.45) is 1.13. The Morgan fingerprint density at radius 3 is 2.94 bits per heavy atom. The van der Waals surface area contributed by atoms with Gasteiger partial charge < -0.3 is 15.0 Å². The molecule has 1 atom stereocenters. The largest absolute Gasteiger partial charge is 0.497 e. The van der Waals surface area contributed by atoms with Crippen LogP contribution in [0, 0.1) is 0 Å². The predicted molar refractivity (Wildman–Crippen MR) is 125 cm³/mol. The van der Waals surface area contributed by atoms with E-state index in [1.54, 1.807) is 13.2 Å². The molecule has 0 aliphatic carbocycles. The summed E-state index contributed by atoms with van der Waals surface area (Å²) in [6.45, 7) is 2.07. The van der Waals surface area contributed by atoms with Gasteiger partial charge in [0.1, 0.15) is 5.75 Å². The second-order valence-electron chi connectivity index (χ2n) is 7.30. The molecule has 1 aliphatic heterocycles. The van der Waals surface area contributed by atoms with Gasteiger partial charge in [-0.25, -0.2) is 4.98 Å². The lowest BCUT2D eigenvalue weighted by atomic mass is 10.1. The predicted octanol–water partition coefficient (Wildman–Crippen LogP) is 4.40. The van der Waals surface area contributed by atoms with E-state index in [4.69, 9.17) is 4.74 Å². The van der Waals surface area contributed by atoms with Gasteiger partial charge in [-0.2, -0.15) is 0 Å². The Bertz CT molecular complexity index is 1100. The monoisotopic (exact) mass is 453 g/mol. The van der Waals surface area contributed by atoms with Gasteiger partial charge in [0.2, 0.25) is 11.8 Å². The molecule has 1 aliphatic rings.